The second-order valence-corrected chi connectivity index (χ2v) is 4.99. The van der Waals surface area contributed by atoms with E-state index in [-0.39, 0.29) is 5.97 Å². The van der Waals surface area contributed by atoms with Crippen molar-refractivity contribution < 1.29 is 14.3 Å². The molecule has 106 valence electrons. The summed E-state index contributed by atoms with van der Waals surface area (Å²) in [7, 11) is 0. The van der Waals surface area contributed by atoms with Gasteiger partial charge in [-0.25, -0.2) is 9.78 Å². The van der Waals surface area contributed by atoms with Gasteiger partial charge < -0.3 is 9.47 Å². The zero-order chi connectivity index (χ0) is 14.4. The van der Waals surface area contributed by atoms with Crippen molar-refractivity contribution in [2.75, 3.05) is 13.2 Å². The van der Waals surface area contributed by atoms with Crippen LogP contribution in [0.5, 0.6) is 5.75 Å². The van der Waals surface area contributed by atoms with Gasteiger partial charge in [0.1, 0.15) is 10.8 Å². The Morgan fingerprint density at radius 3 is 2.65 bits per heavy atom. The molecule has 0 bridgehead atoms. The minimum Gasteiger partial charge on any atom is -0.494 e. The molecule has 2 aromatic rings. The normalized spacial score (nSPS) is 10.3. The second-order valence-electron chi connectivity index (χ2n) is 4.13. The van der Waals surface area contributed by atoms with Crippen LogP contribution in [0.4, 0.5) is 0 Å². The van der Waals surface area contributed by atoms with Crippen LogP contribution in [0.15, 0.2) is 29.6 Å². The quantitative estimate of drug-likeness (QED) is 0.760. The van der Waals surface area contributed by atoms with Gasteiger partial charge >= 0.3 is 5.97 Å². The van der Waals surface area contributed by atoms with Gasteiger partial charge in [-0.2, -0.15) is 0 Å². The van der Waals surface area contributed by atoms with Gasteiger partial charge in [0.2, 0.25) is 0 Å². The molecule has 0 aliphatic carbocycles. The van der Waals surface area contributed by atoms with Gasteiger partial charge in [-0.15, -0.1) is 11.3 Å². The second kappa shape index (κ2) is 7.05. The van der Waals surface area contributed by atoms with E-state index in [0.717, 1.165) is 22.7 Å². The number of carbonyl (C=O) groups excluding carboxylic acids is 1. The first-order valence-corrected chi connectivity index (χ1v) is 7.48. The van der Waals surface area contributed by atoms with Crippen molar-refractivity contribution in [1.29, 1.82) is 0 Å². The number of esters is 1. The van der Waals surface area contributed by atoms with Crippen LogP contribution in [0, 0.1) is 0 Å². The Bertz CT molecular complexity index is 563. The van der Waals surface area contributed by atoms with Crippen LogP contribution in [0.2, 0.25) is 0 Å². The Balaban J connectivity index is 2.09. The largest absolute Gasteiger partial charge is 0.494 e. The molecule has 1 aromatic carbocycles. The summed E-state index contributed by atoms with van der Waals surface area (Å²) in [5.74, 6) is 0.468. The van der Waals surface area contributed by atoms with Gasteiger partial charge in [0.05, 0.1) is 13.2 Å². The summed E-state index contributed by atoms with van der Waals surface area (Å²) in [6.45, 7) is 4.92. The zero-order valence-electron chi connectivity index (χ0n) is 11.6. The van der Waals surface area contributed by atoms with E-state index in [9.17, 15) is 4.79 Å². The van der Waals surface area contributed by atoms with Gasteiger partial charge in [0, 0.05) is 10.9 Å². The third-order valence-electron chi connectivity index (χ3n) is 2.56. The Hall–Kier alpha value is -1.88. The van der Waals surface area contributed by atoms with E-state index in [2.05, 4.69) is 11.9 Å². The molecule has 0 amide bonds. The molecule has 0 aliphatic rings. The first-order valence-electron chi connectivity index (χ1n) is 6.60. The van der Waals surface area contributed by atoms with Crippen molar-refractivity contribution >= 4 is 17.3 Å². The molecule has 4 nitrogen and oxygen atoms in total. The lowest BCUT2D eigenvalue weighted by molar-refractivity contribution is 0.0520. The fourth-order valence-electron chi connectivity index (χ4n) is 1.62. The summed E-state index contributed by atoms with van der Waals surface area (Å²) in [5.41, 5.74) is 1.33. The van der Waals surface area contributed by atoms with Crippen molar-refractivity contribution in [1.82, 2.24) is 4.98 Å². The van der Waals surface area contributed by atoms with Crippen LogP contribution in [0.3, 0.4) is 0 Å². The lowest BCUT2D eigenvalue weighted by atomic mass is 10.2. The first-order chi connectivity index (χ1) is 9.74. The predicted molar refractivity (Wildman–Crippen MR) is 79.3 cm³/mol. The lowest BCUT2D eigenvalue weighted by Crippen LogP contribution is -2.04. The van der Waals surface area contributed by atoms with Gasteiger partial charge in [0.15, 0.2) is 5.69 Å². The summed E-state index contributed by atoms with van der Waals surface area (Å²) in [6, 6.07) is 7.71. The molecule has 0 aliphatic heterocycles. The van der Waals surface area contributed by atoms with E-state index >= 15 is 0 Å². The lowest BCUT2D eigenvalue weighted by Gasteiger charge is -2.04. The number of benzene rings is 1. The van der Waals surface area contributed by atoms with Gasteiger partial charge in [0.25, 0.3) is 0 Å². The molecule has 0 radical (unpaired) electrons. The standard InChI is InChI=1S/C15H17NO3S/c1-3-9-19-12-7-5-11(6-8-12)14-16-13(10-20-14)15(17)18-4-2/h5-8,10H,3-4,9H2,1-2H3. The van der Waals surface area contributed by atoms with E-state index in [1.807, 2.05) is 24.3 Å². The van der Waals surface area contributed by atoms with E-state index in [0.29, 0.717) is 18.9 Å². The van der Waals surface area contributed by atoms with Crippen molar-refractivity contribution in [3.63, 3.8) is 0 Å². The third-order valence-corrected chi connectivity index (χ3v) is 3.45. The van der Waals surface area contributed by atoms with Crippen LogP contribution in [0.25, 0.3) is 10.6 Å². The third kappa shape index (κ3) is 3.57. The average Bonchev–Trinajstić information content (AvgIpc) is 2.96. The fourth-order valence-corrected chi connectivity index (χ4v) is 2.41. The molecule has 0 unspecified atom stereocenters. The number of aromatic nitrogens is 1. The van der Waals surface area contributed by atoms with Crippen molar-refractivity contribution in [3.8, 4) is 16.3 Å². The molecular weight excluding hydrogens is 274 g/mol. The molecule has 0 fully saturated rings. The molecule has 20 heavy (non-hydrogen) atoms. The van der Waals surface area contributed by atoms with Crippen molar-refractivity contribution in [2.45, 2.75) is 20.3 Å². The summed E-state index contributed by atoms with van der Waals surface area (Å²) in [4.78, 5) is 15.9. The highest BCUT2D eigenvalue weighted by molar-refractivity contribution is 7.13. The van der Waals surface area contributed by atoms with Crippen LogP contribution in [0.1, 0.15) is 30.8 Å². The molecule has 0 N–H and O–H groups in total. The Kier molecular flexibility index (Phi) is 5.12. The number of hydrogen-bond acceptors (Lipinski definition) is 5. The summed E-state index contributed by atoms with van der Waals surface area (Å²) in [5, 5.41) is 2.52. The molecule has 0 saturated heterocycles. The number of thiazole rings is 1. The predicted octanol–water partition coefficient (Wildman–Crippen LogP) is 3.78. The van der Waals surface area contributed by atoms with Crippen LogP contribution >= 0.6 is 11.3 Å². The number of hydrogen-bond donors (Lipinski definition) is 0. The van der Waals surface area contributed by atoms with Gasteiger partial charge in [-0.3, -0.25) is 0 Å². The number of rotatable bonds is 6. The van der Waals surface area contributed by atoms with Crippen LogP contribution in [-0.4, -0.2) is 24.2 Å². The fraction of sp³-hybridized carbons (Fsp3) is 0.333. The first kappa shape index (κ1) is 14.5. The highest BCUT2D eigenvalue weighted by Crippen LogP contribution is 2.26. The van der Waals surface area contributed by atoms with Crippen LogP contribution in [-0.2, 0) is 4.74 Å². The summed E-state index contributed by atoms with van der Waals surface area (Å²) in [6.07, 6.45) is 0.983. The van der Waals surface area contributed by atoms with E-state index in [4.69, 9.17) is 9.47 Å². The number of carbonyl (C=O) groups is 1. The van der Waals surface area contributed by atoms with Crippen LogP contribution < -0.4 is 4.74 Å². The smallest absolute Gasteiger partial charge is 0.357 e. The monoisotopic (exact) mass is 291 g/mol. The minimum absolute atomic E-state index is 0.356. The highest BCUT2D eigenvalue weighted by atomic mass is 32.1. The average molecular weight is 291 g/mol. The zero-order valence-corrected chi connectivity index (χ0v) is 12.4. The highest BCUT2D eigenvalue weighted by Gasteiger charge is 2.12. The molecule has 0 spiro atoms. The maximum Gasteiger partial charge on any atom is 0.357 e. The van der Waals surface area contributed by atoms with E-state index < -0.39 is 0 Å². The Morgan fingerprint density at radius 2 is 2.00 bits per heavy atom. The number of ether oxygens (including phenoxy) is 2. The van der Waals surface area contributed by atoms with Crippen molar-refractivity contribution in [3.05, 3.63) is 35.3 Å². The Labute approximate surface area is 122 Å². The molecule has 1 heterocycles. The Morgan fingerprint density at radius 1 is 1.25 bits per heavy atom. The number of nitrogens with zero attached hydrogens (tertiary/aromatic N) is 1. The molecule has 1 aromatic heterocycles. The van der Waals surface area contributed by atoms with E-state index in [1.54, 1.807) is 12.3 Å². The molecule has 0 atom stereocenters. The van der Waals surface area contributed by atoms with E-state index in [1.165, 1.54) is 11.3 Å². The molecule has 2 rings (SSSR count). The minimum atomic E-state index is -0.377. The summed E-state index contributed by atoms with van der Waals surface area (Å²) >= 11 is 1.43. The SMILES string of the molecule is CCCOc1ccc(-c2nc(C(=O)OCC)cs2)cc1. The van der Waals surface area contributed by atoms with Crippen molar-refractivity contribution in [2.24, 2.45) is 0 Å². The van der Waals surface area contributed by atoms with Gasteiger partial charge in [-0.1, -0.05) is 6.92 Å². The maximum absolute atomic E-state index is 11.6. The molecule has 5 heteroatoms. The maximum atomic E-state index is 11.6. The molecule has 0 saturated carbocycles. The molecular formula is C15H17NO3S. The topological polar surface area (TPSA) is 48.4 Å². The van der Waals surface area contributed by atoms with Gasteiger partial charge in [-0.05, 0) is 37.6 Å². The summed E-state index contributed by atoms with van der Waals surface area (Å²) < 4.78 is 10.5.